The molecule has 29 heavy (non-hydrogen) atoms. The van der Waals surface area contributed by atoms with Crippen molar-refractivity contribution in [1.82, 2.24) is 15.0 Å². The minimum Gasteiger partial charge on any atom is -0.489 e. The summed E-state index contributed by atoms with van der Waals surface area (Å²) in [6.45, 7) is 4.61. The molecule has 2 heterocycles. The van der Waals surface area contributed by atoms with Gasteiger partial charge < -0.3 is 14.2 Å². The molecule has 0 atom stereocenters. The highest BCUT2D eigenvalue weighted by Crippen LogP contribution is 2.23. The van der Waals surface area contributed by atoms with Gasteiger partial charge in [-0.25, -0.2) is 4.98 Å². The summed E-state index contributed by atoms with van der Waals surface area (Å²) in [4.78, 5) is 19.0. The normalized spacial score (nSPS) is 11.0. The lowest BCUT2D eigenvalue weighted by atomic mass is 10.2. The molecule has 0 aliphatic rings. The van der Waals surface area contributed by atoms with E-state index in [-0.39, 0.29) is 5.91 Å². The number of hydrogen-bond acceptors (Lipinski definition) is 6. The third kappa shape index (κ3) is 4.14. The number of hydrogen-bond donors (Lipinski definition) is 0. The van der Waals surface area contributed by atoms with E-state index in [0.717, 1.165) is 32.2 Å². The minimum atomic E-state index is -0.0541. The van der Waals surface area contributed by atoms with Crippen molar-refractivity contribution in [2.75, 3.05) is 7.05 Å². The Morgan fingerprint density at radius 3 is 2.59 bits per heavy atom. The smallest absolute Gasteiger partial charge is 0.253 e. The molecule has 0 radical (unpaired) electrons. The second-order valence-corrected chi connectivity index (χ2v) is 7.97. The summed E-state index contributed by atoms with van der Waals surface area (Å²) in [7, 11) is 1.79. The Hall–Kier alpha value is -3.19. The molecule has 0 saturated heterocycles. The number of nitrogens with zero attached hydrogens (tertiary/aromatic N) is 3. The van der Waals surface area contributed by atoms with E-state index in [9.17, 15) is 4.79 Å². The maximum Gasteiger partial charge on any atom is 0.253 e. The van der Waals surface area contributed by atoms with Crippen LogP contribution >= 0.6 is 11.3 Å². The van der Waals surface area contributed by atoms with Gasteiger partial charge in [-0.2, -0.15) is 0 Å². The van der Waals surface area contributed by atoms with Gasteiger partial charge in [-0.3, -0.25) is 4.79 Å². The summed E-state index contributed by atoms with van der Waals surface area (Å²) in [5.74, 6) is 1.39. The molecular weight excluding hydrogens is 386 g/mol. The van der Waals surface area contributed by atoms with Crippen molar-refractivity contribution < 1.29 is 14.1 Å². The van der Waals surface area contributed by atoms with Crippen LogP contribution in [-0.2, 0) is 13.2 Å². The average Bonchev–Trinajstić information content (AvgIpc) is 3.28. The maximum atomic E-state index is 12.8. The van der Waals surface area contributed by atoms with E-state index in [1.165, 1.54) is 0 Å². The molecule has 2 aromatic heterocycles. The highest BCUT2D eigenvalue weighted by molar-refractivity contribution is 7.18. The number of ether oxygens (including phenoxy) is 1. The van der Waals surface area contributed by atoms with Gasteiger partial charge in [-0.1, -0.05) is 17.3 Å². The third-order valence-corrected chi connectivity index (χ3v) is 5.74. The van der Waals surface area contributed by atoms with E-state index in [4.69, 9.17) is 9.26 Å². The van der Waals surface area contributed by atoms with Crippen LogP contribution in [0.15, 0.2) is 53.1 Å². The summed E-state index contributed by atoms with van der Waals surface area (Å²) in [5, 5.41) is 4.84. The molecular formula is C22H21N3O3S. The molecule has 0 aliphatic carbocycles. The lowest BCUT2D eigenvalue weighted by Crippen LogP contribution is -2.26. The first-order valence-corrected chi connectivity index (χ1v) is 10.1. The predicted molar refractivity (Wildman–Crippen MR) is 112 cm³/mol. The fourth-order valence-corrected chi connectivity index (χ4v) is 4.06. The topological polar surface area (TPSA) is 68.5 Å². The van der Waals surface area contributed by atoms with Crippen molar-refractivity contribution in [3.63, 3.8) is 0 Å². The Bertz CT molecular complexity index is 1100. The number of aryl methyl sites for hydroxylation is 2. The van der Waals surface area contributed by atoms with Gasteiger partial charge in [-0.05, 0) is 50.2 Å². The van der Waals surface area contributed by atoms with Gasteiger partial charge in [0, 0.05) is 12.6 Å². The molecule has 0 aliphatic heterocycles. The first-order valence-electron chi connectivity index (χ1n) is 9.26. The van der Waals surface area contributed by atoms with E-state index in [0.29, 0.717) is 24.5 Å². The van der Waals surface area contributed by atoms with Gasteiger partial charge in [0.2, 0.25) is 0 Å². The number of carbonyl (C=O) groups excluding carboxylic acids is 1. The van der Waals surface area contributed by atoms with Crippen molar-refractivity contribution in [2.45, 2.75) is 27.0 Å². The van der Waals surface area contributed by atoms with Crippen molar-refractivity contribution in [1.29, 1.82) is 0 Å². The van der Waals surface area contributed by atoms with Crippen LogP contribution in [0.2, 0.25) is 0 Å². The molecule has 0 fully saturated rings. The number of benzene rings is 2. The zero-order chi connectivity index (χ0) is 20.4. The quantitative estimate of drug-likeness (QED) is 0.461. The molecule has 4 rings (SSSR count). The monoisotopic (exact) mass is 407 g/mol. The van der Waals surface area contributed by atoms with E-state index >= 15 is 0 Å². The molecule has 0 unspecified atom stereocenters. The summed E-state index contributed by atoms with van der Waals surface area (Å²) in [6, 6.07) is 15.1. The van der Waals surface area contributed by atoms with E-state index in [2.05, 4.69) is 10.1 Å². The number of rotatable bonds is 6. The van der Waals surface area contributed by atoms with Crippen LogP contribution in [0.5, 0.6) is 5.75 Å². The van der Waals surface area contributed by atoms with Crippen LogP contribution in [0.25, 0.3) is 10.2 Å². The maximum absolute atomic E-state index is 12.8. The van der Waals surface area contributed by atoms with Crippen molar-refractivity contribution in [3.05, 3.63) is 76.1 Å². The molecule has 0 N–H and O–H groups in total. The van der Waals surface area contributed by atoms with Crippen molar-refractivity contribution in [2.24, 2.45) is 0 Å². The highest BCUT2D eigenvalue weighted by atomic mass is 32.1. The molecule has 1 amide bonds. The number of para-hydroxylation sites is 1. The summed E-state index contributed by atoms with van der Waals surface area (Å²) < 4.78 is 12.1. The SMILES string of the molecule is Cc1noc(C)c1COc1ccc(C(=O)N(C)Cc2nc3ccccc3s2)cc1. The number of fused-ring (bicyclic) bond motifs is 1. The molecule has 6 nitrogen and oxygen atoms in total. The molecule has 2 aromatic carbocycles. The average molecular weight is 407 g/mol. The molecule has 4 aromatic rings. The lowest BCUT2D eigenvalue weighted by molar-refractivity contribution is 0.0785. The van der Waals surface area contributed by atoms with E-state index in [1.54, 1.807) is 47.5 Å². The standard InChI is InChI=1S/C22H21N3O3S/c1-14-18(15(2)28-24-14)13-27-17-10-8-16(9-11-17)22(26)25(3)12-21-23-19-6-4-5-7-20(19)29-21/h4-11H,12-13H2,1-3H3. The molecule has 0 bridgehead atoms. The van der Waals surface area contributed by atoms with E-state index < -0.39 is 0 Å². The first-order chi connectivity index (χ1) is 14.0. The molecule has 148 valence electrons. The van der Waals surface area contributed by atoms with Crippen molar-refractivity contribution in [3.8, 4) is 5.75 Å². The first kappa shape index (κ1) is 19.1. The zero-order valence-electron chi connectivity index (χ0n) is 16.5. The van der Waals surface area contributed by atoms with E-state index in [1.807, 2.05) is 38.1 Å². The van der Waals surface area contributed by atoms with Gasteiger partial charge >= 0.3 is 0 Å². The van der Waals surface area contributed by atoms with Crippen LogP contribution in [0.1, 0.15) is 32.4 Å². The molecule has 0 saturated carbocycles. The lowest BCUT2D eigenvalue weighted by Gasteiger charge is -2.16. The highest BCUT2D eigenvalue weighted by Gasteiger charge is 2.15. The summed E-state index contributed by atoms with van der Waals surface area (Å²) >= 11 is 1.61. The Morgan fingerprint density at radius 2 is 1.90 bits per heavy atom. The number of carbonyl (C=O) groups is 1. The van der Waals surface area contributed by atoms with Crippen LogP contribution in [0, 0.1) is 13.8 Å². The molecule has 7 heteroatoms. The summed E-state index contributed by atoms with van der Waals surface area (Å²) in [6.07, 6.45) is 0. The minimum absolute atomic E-state index is 0.0541. The Labute approximate surface area is 172 Å². The van der Waals surface area contributed by atoms with Gasteiger partial charge in [0.05, 0.1) is 28.0 Å². The number of amides is 1. The van der Waals surface area contributed by atoms with Gasteiger partial charge in [-0.15, -0.1) is 11.3 Å². The number of thiazole rings is 1. The third-order valence-electron chi connectivity index (χ3n) is 4.72. The Morgan fingerprint density at radius 1 is 1.14 bits per heavy atom. The fourth-order valence-electron chi connectivity index (χ4n) is 3.04. The van der Waals surface area contributed by atoms with Gasteiger partial charge in [0.25, 0.3) is 5.91 Å². The van der Waals surface area contributed by atoms with Crippen LogP contribution < -0.4 is 4.74 Å². The molecule has 0 spiro atoms. The van der Waals surface area contributed by atoms with Crippen LogP contribution in [-0.4, -0.2) is 28.0 Å². The van der Waals surface area contributed by atoms with Crippen LogP contribution in [0.3, 0.4) is 0 Å². The Balaban J connectivity index is 1.39. The van der Waals surface area contributed by atoms with Crippen LogP contribution in [0.4, 0.5) is 0 Å². The van der Waals surface area contributed by atoms with Gasteiger partial charge in [0.1, 0.15) is 23.1 Å². The van der Waals surface area contributed by atoms with Gasteiger partial charge in [0.15, 0.2) is 0 Å². The second kappa shape index (κ2) is 8.05. The second-order valence-electron chi connectivity index (χ2n) is 6.85. The van der Waals surface area contributed by atoms with Crippen molar-refractivity contribution >= 4 is 27.5 Å². The Kier molecular flexibility index (Phi) is 5.31. The predicted octanol–water partition coefficient (Wildman–Crippen LogP) is 4.75. The number of aromatic nitrogens is 2. The largest absolute Gasteiger partial charge is 0.489 e. The zero-order valence-corrected chi connectivity index (χ0v) is 17.3. The fraction of sp³-hybridized carbons (Fsp3) is 0.227. The summed E-state index contributed by atoms with van der Waals surface area (Å²) in [5.41, 5.74) is 3.35.